The topological polar surface area (TPSA) is 85.3 Å². The Bertz CT molecular complexity index is 1520. The van der Waals surface area contributed by atoms with Crippen LogP contribution < -0.4 is 14.2 Å². The van der Waals surface area contributed by atoms with Crippen molar-refractivity contribution in [3.05, 3.63) is 108 Å². The number of fused-ring (bicyclic) bond motifs is 1. The number of ketones is 1. The molecule has 4 aromatic rings. The van der Waals surface area contributed by atoms with Crippen molar-refractivity contribution in [2.24, 2.45) is 0 Å². The van der Waals surface area contributed by atoms with Gasteiger partial charge < -0.3 is 24.2 Å². The fourth-order valence-electron chi connectivity index (χ4n) is 4.78. The quantitative estimate of drug-likeness (QED) is 0.196. The van der Waals surface area contributed by atoms with Crippen molar-refractivity contribution in [2.45, 2.75) is 6.04 Å². The van der Waals surface area contributed by atoms with Crippen LogP contribution in [0.4, 0.5) is 0 Å². The molecule has 0 aromatic heterocycles. The van der Waals surface area contributed by atoms with Gasteiger partial charge in [0, 0.05) is 5.56 Å². The molecular formula is C31H27NO6. The van der Waals surface area contributed by atoms with Crippen LogP contribution in [-0.2, 0) is 9.59 Å². The van der Waals surface area contributed by atoms with Crippen LogP contribution in [-0.4, -0.2) is 49.1 Å². The van der Waals surface area contributed by atoms with Crippen molar-refractivity contribution in [3.8, 4) is 17.2 Å². The first-order valence-corrected chi connectivity index (χ1v) is 12.2. The smallest absolute Gasteiger partial charge is 0.295 e. The summed E-state index contributed by atoms with van der Waals surface area (Å²) in [7, 11) is 3.14. The summed E-state index contributed by atoms with van der Waals surface area (Å²) in [4.78, 5) is 28.2. The number of hydrogen-bond acceptors (Lipinski definition) is 6. The maximum Gasteiger partial charge on any atom is 0.295 e. The Balaban J connectivity index is 1.54. The molecule has 1 saturated heterocycles. The van der Waals surface area contributed by atoms with Gasteiger partial charge in [-0.15, -0.1) is 0 Å². The maximum atomic E-state index is 13.4. The van der Waals surface area contributed by atoms with Crippen LogP contribution >= 0.6 is 0 Å². The van der Waals surface area contributed by atoms with Crippen LogP contribution in [0.2, 0.25) is 0 Å². The lowest BCUT2D eigenvalue weighted by atomic mass is 9.93. The number of benzene rings is 4. The number of carbonyl (C=O) groups excluding carboxylic acids is 2. The number of likely N-dealkylation sites (tertiary alicyclic amines) is 1. The molecule has 1 aliphatic heterocycles. The van der Waals surface area contributed by atoms with Crippen LogP contribution in [0.1, 0.15) is 17.2 Å². The van der Waals surface area contributed by atoms with E-state index in [-0.39, 0.29) is 24.5 Å². The molecule has 1 unspecified atom stereocenters. The first-order chi connectivity index (χ1) is 18.5. The van der Waals surface area contributed by atoms with Crippen LogP contribution in [0.25, 0.3) is 16.5 Å². The fraction of sp³-hybridized carbons (Fsp3) is 0.161. The van der Waals surface area contributed by atoms with Crippen molar-refractivity contribution >= 4 is 28.2 Å². The van der Waals surface area contributed by atoms with Crippen LogP contribution in [0.15, 0.2) is 96.6 Å². The lowest BCUT2D eigenvalue weighted by Crippen LogP contribution is -2.33. The second kappa shape index (κ2) is 10.7. The third kappa shape index (κ3) is 4.66. The Kier molecular flexibility index (Phi) is 7.00. The molecule has 0 aliphatic carbocycles. The summed E-state index contributed by atoms with van der Waals surface area (Å²) in [5.41, 5.74) is 1.17. The molecule has 5 rings (SSSR count). The average Bonchev–Trinajstić information content (AvgIpc) is 3.22. The molecule has 1 N–H and O–H groups in total. The van der Waals surface area contributed by atoms with Gasteiger partial charge in [-0.2, -0.15) is 0 Å². The van der Waals surface area contributed by atoms with Gasteiger partial charge in [0.05, 0.1) is 32.4 Å². The molecule has 192 valence electrons. The third-order valence-electron chi connectivity index (χ3n) is 6.65. The lowest BCUT2D eigenvalue weighted by molar-refractivity contribution is -0.140. The van der Waals surface area contributed by atoms with E-state index in [0.29, 0.717) is 28.4 Å². The van der Waals surface area contributed by atoms with Gasteiger partial charge in [-0.25, -0.2) is 0 Å². The zero-order valence-corrected chi connectivity index (χ0v) is 21.1. The Morgan fingerprint density at radius 3 is 2.26 bits per heavy atom. The highest BCUT2D eigenvalue weighted by molar-refractivity contribution is 6.46. The second-order valence-electron chi connectivity index (χ2n) is 8.82. The van der Waals surface area contributed by atoms with Gasteiger partial charge in [0.25, 0.3) is 11.7 Å². The molecule has 0 radical (unpaired) electrons. The third-order valence-corrected chi connectivity index (χ3v) is 6.65. The van der Waals surface area contributed by atoms with Gasteiger partial charge in [0.2, 0.25) is 0 Å². The van der Waals surface area contributed by atoms with E-state index >= 15 is 0 Å². The first-order valence-electron chi connectivity index (χ1n) is 12.2. The summed E-state index contributed by atoms with van der Waals surface area (Å²) < 4.78 is 16.4. The Hall–Kier alpha value is -4.78. The van der Waals surface area contributed by atoms with E-state index in [0.717, 1.165) is 10.8 Å². The number of nitrogens with zero attached hydrogens (tertiary/aromatic N) is 1. The average molecular weight is 510 g/mol. The molecule has 1 heterocycles. The molecule has 7 nitrogen and oxygen atoms in total. The van der Waals surface area contributed by atoms with Crippen molar-refractivity contribution in [2.75, 3.05) is 27.4 Å². The Labute approximate surface area is 220 Å². The molecule has 1 aliphatic rings. The largest absolute Gasteiger partial charge is 0.507 e. The predicted octanol–water partition coefficient (Wildman–Crippen LogP) is 5.36. The zero-order valence-electron chi connectivity index (χ0n) is 21.1. The number of rotatable bonds is 8. The van der Waals surface area contributed by atoms with Gasteiger partial charge in [-0.1, -0.05) is 54.6 Å². The minimum atomic E-state index is -0.816. The summed E-state index contributed by atoms with van der Waals surface area (Å²) in [6, 6.07) is 26.5. The van der Waals surface area contributed by atoms with Crippen LogP contribution in [0.3, 0.4) is 0 Å². The number of amides is 1. The van der Waals surface area contributed by atoms with Gasteiger partial charge >= 0.3 is 0 Å². The standard InChI is InChI=1S/C31H27NO6/c1-36-22-13-15-23(16-14-22)38-18-17-32-28(21-9-5-10-24(19-21)37-2)27(30(34)31(32)35)29(33)26-12-6-8-20-7-3-4-11-25(20)26/h3-16,19,28,33H,17-18H2,1-2H3/b29-27-. The number of hydrogen-bond donors (Lipinski definition) is 1. The molecule has 0 saturated carbocycles. The highest BCUT2D eigenvalue weighted by Crippen LogP contribution is 2.41. The highest BCUT2D eigenvalue weighted by atomic mass is 16.5. The second-order valence-corrected chi connectivity index (χ2v) is 8.82. The number of aliphatic hydroxyl groups excluding tert-OH is 1. The molecule has 38 heavy (non-hydrogen) atoms. The summed E-state index contributed by atoms with van der Waals surface area (Å²) >= 11 is 0. The van der Waals surface area contributed by atoms with Crippen molar-refractivity contribution < 1.29 is 28.9 Å². The van der Waals surface area contributed by atoms with E-state index in [9.17, 15) is 14.7 Å². The number of methoxy groups -OCH3 is 2. The number of Topliss-reactive ketones (excluding diaryl/α,β-unsaturated/α-hetero) is 1. The molecule has 0 bridgehead atoms. The minimum Gasteiger partial charge on any atom is -0.507 e. The molecule has 1 atom stereocenters. The lowest BCUT2D eigenvalue weighted by Gasteiger charge is -2.25. The number of carbonyl (C=O) groups is 2. The summed E-state index contributed by atoms with van der Waals surface area (Å²) in [5.74, 6) is 0.232. The van der Waals surface area contributed by atoms with Crippen LogP contribution in [0.5, 0.6) is 17.2 Å². The maximum absolute atomic E-state index is 13.4. The van der Waals surface area contributed by atoms with E-state index in [1.54, 1.807) is 62.8 Å². The molecule has 4 aromatic carbocycles. The van der Waals surface area contributed by atoms with E-state index in [2.05, 4.69) is 0 Å². The monoisotopic (exact) mass is 509 g/mol. The molecule has 0 spiro atoms. The van der Waals surface area contributed by atoms with Gasteiger partial charge in [0.15, 0.2) is 0 Å². The fourth-order valence-corrected chi connectivity index (χ4v) is 4.78. The van der Waals surface area contributed by atoms with Crippen molar-refractivity contribution in [1.82, 2.24) is 4.90 Å². The summed E-state index contributed by atoms with van der Waals surface area (Å²) in [5, 5.41) is 13.2. The molecule has 1 amide bonds. The molecule has 7 heteroatoms. The Morgan fingerprint density at radius 1 is 0.816 bits per heavy atom. The van der Waals surface area contributed by atoms with Crippen LogP contribution in [0, 0.1) is 0 Å². The number of aliphatic hydroxyl groups is 1. The minimum absolute atomic E-state index is 0.0315. The van der Waals surface area contributed by atoms with E-state index < -0.39 is 17.7 Å². The van der Waals surface area contributed by atoms with E-state index in [1.807, 2.05) is 42.5 Å². The number of ether oxygens (including phenoxy) is 3. The Morgan fingerprint density at radius 2 is 1.50 bits per heavy atom. The predicted molar refractivity (Wildman–Crippen MR) is 144 cm³/mol. The van der Waals surface area contributed by atoms with Gasteiger partial charge in [-0.3, -0.25) is 9.59 Å². The van der Waals surface area contributed by atoms with Gasteiger partial charge in [0.1, 0.15) is 29.6 Å². The summed E-state index contributed by atoms with van der Waals surface area (Å²) in [6.07, 6.45) is 0. The van der Waals surface area contributed by atoms with Gasteiger partial charge in [-0.05, 0) is 52.7 Å². The van der Waals surface area contributed by atoms with Crippen molar-refractivity contribution in [1.29, 1.82) is 0 Å². The SMILES string of the molecule is COc1ccc(OCCN2C(=O)C(=O)/C(=C(\O)c3cccc4ccccc34)C2c2cccc(OC)c2)cc1. The zero-order chi connectivity index (χ0) is 26.6. The first kappa shape index (κ1) is 24.9. The summed E-state index contributed by atoms with van der Waals surface area (Å²) in [6.45, 7) is 0.277. The normalized spacial score (nSPS) is 16.6. The molecular weight excluding hydrogens is 482 g/mol. The highest BCUT2D eigenvalue weighted by Gasteiger charge is 2.46. The van der Waals surface area contributed by atoms with E-state index in [4.69, 9.17) is 14.2 Å². The van der Waals surface area contributed by atoms with E-state index in [1.165, 1.54) is 4.90 Å². The van der Waals surface area contributed by atoms with Crippen molar-refractivity contribution in [3.63, 3.8) is 0 Å². The molecule has 1 fully saturated rings.